The van der Waals surface area contributed by atoms with Crippen LogP contribution in [0.25, 0.3) is 16.9 Å². The molecule has 0 unspecified atom stereocenters. The number of nitrogens with zero attached hydrogens (tertiary/aromatic N) is 3. The van der Waals surface area contributed by atoms with Crippen molar-refractivity contribution in [3.8, 4) is 16.9 Å². The third-order valence-electron chi connectivity index (χ3n) is 4.82. The zero-order valence-electron chi connectivity index (χ0n) is 15.6. The van der Waals surface area contributed by atoms with Crippen LogP contribution in [0.15, 0.2) is 60.8 Å². The van der Waals surface area contributed by atoms with Gasteiger partial charge in [0.15, 0.2) is 0 Å². The van der Waals surface area contributed by atoms with Crippen LogP contribution in [0.2, 0.25) is 0 Å². The maximum Gasteiger partial charge on any atom is 0.257 e. The van der Waals surface area contributed by atoms with Crippen molar-refractivity contribution in [3.05, 3.63) is 71.9 Å². The maximum atomic E-state index is 13.3. The number of morpholine rings is 1. The summed E-state index contributed by atoms with van der Waals surface area (Å²) in [5.41, 5.74) is 4.39. The average molecular weight is 361 g/mol. The molecule has 0 spiro atoms. The summed E-state index contributed by atoms with van der Waals surface area (Å²) in [5, 5.41) is 4.75. The zero-order valence-corrected chi connectivity index (χ0v) is 15.6. The number of amides is 1. The molecule has 1 atom stereocenters. The smallest absolute Gasteiger partial charge is 0.257 e. The molecule has 1 aromatic heterocycles. The van der Waals surface area contributed by atoms with Crippen molar-refractivity contribution in [2.75, 3.05) is 19.7 Å². The van der Waals surface area contributed by atoms with E-state index in [4.69, 9.17) is 9.84 Å². The molecule has 2 aromatic carbocycles. The molecule has 1 amide bonds. The van der Waals surface area contributed by atoms with Gasteiger partial charge in [0.25, 0.3) is 5.91 Å². The van der Waals surface area contributed by atoms with Gasteiger partial charge in [-0.1, -0.05) is 48.0 Å². The number of hydrogen-bond donors (Lipinski definition) is 0. The minimum absolute atomic E-state index is 0.00269. The van der Waals surface area contributed by atoms with Crippen LogP contribution >= 0.6 is 0 Å². The van der Waals surface area contributed by atoms with Crippen LogP contribution in [-0.4, -0.2) is 46.4 Å². The van der Waals surface area contributed by atoms with E-state index < -0.39 is 0 Å². The Bertz CT molecular complexity index is 932. The molecular formula is C22H23N3O2. The fourth-order valence-electron chi connectivity index (χ4n) is 3.34. The predicted molar refractivity (Wildman–Crippen MR) is 105 cm³/mol. The first-order chi connectivity index (χ1) is 13.1. The molecule has 1 saturated heterocycles. The van der Waals surface area contributed by atoms with Crippen molar-refractivity contribution < 1.29 is 9.53 Å². The van der Waals surface area contributed by atoms with Gasteiger partial charge in [0.2, 0.25) is 0 Å². The first kappa shape index (κ1) is 17.5. The number of carbonyl (C=O) groups excluding carboxylic acids is 1. The molecule has 0 N–H and O–H groups in total. The van der Waals surface area contributed by atoms with Gasteiger partial charge in [-0.05, 0) is 26.0 Å². The number of rotatable bonds is 3. The molecule has 0 bridgehead atoms. The molecule has 3 aromatic rings. The van der Waals surface area contributed by atoms with E-state index in [1.807, 2.05) is 79.5 Å². The van der Waals surface area contributed by atoms with Crippen LogP contribution in [0.1, 0.15) is 22.8 Å². The first-order valence-corrected chi connectivity index (χ1v) is 9.25. The van der Waals surface area contributed by atoms with Crippen molar-refractivity contribution in [2.45, 2.75) is 20.0 Å². The van der Waals surface area contributed by atoms with Crippen molar-refractivity contribution in [3.63, 3.8) is 0 Å². The van der Waals surface area contributed by atoms with E-state index in [9.17, 15) is 4.79 Å². The van der Waals surface area contributed by atoms with Gasteiger partial charge in [-0.2, -0.15) is 5.10 Å². The molecule has 1 fully saturated rings. The van der Waals surface area contributed by atoms with Gasteiger partial charge in [-0.25, -0.2) is 4.68 Å². The largest absolute Gasteiger partial charge is 0.375 e. The van der Waals surface area contributed by atoms with Crippen molar-refractivity contribution in [1.82, 2.24) is 14.7 Å². The Morgan fingerprint density at radius 3 is 2.56 bits per heavy atom. The van der Waals surface area contributed by atoms with Gasteiger partial charge >= 0.3 is 0 Å². The van der Waals surface area contributed by atoms with E-state index in [0.29, 0.717) is 31.0 Å². The molecule has 1 aliphatic heterocycles. The van der Waals surface area contributed by atoms with E-state index in [1.165, 1.54) is 5.56 Å². The lowest BCUT2D eigenvalue weighted by atomic mass is 10.1. The van der Waals surface area contributed by atoms with Gasteiger partial charge < -0.3 is 9.64 Å². The van der Waals surface area contributed by atoms with Crippen LogP contribution in [0.3, 0.4) is 0 Å². The topological polar surface area (TPSA) is 47.4 Å². The minimum Gasteiger partial charge on any atom is -0.375 e. The van der Waals surface area contributed by atoms with Gasteiger partial charge in [0.05, 0.1) is 24.0 Å². The van der Waals surface area contributed by atoms with Crippen molar-refractivity contribution in [2.24, 2.45) is 0 Å². The highest BCUT2D eigenvalue weighted by Gasteiger charge is 2.27. The molecule has 5 heteroatoms. The molecular weight excluding hydrogens is 338 g/mol. The normalized spacial score (nSPS) is 17.1. The van der Waals surface area contributed by atoms with Crippen LogP contribution in [0.5, 0.6) is 0 Å². The van der Waals surface area contributed by atoms with E-state index in [1.54, 1.807) is 4.68 Å². The van der Waals surface area contributed by atoms with Crippen molar-refractivity contribution >= 4 is 5.91 Å². The lowest BCUT2D eigenvalue weighted by molar-refractivity contribution is -0.0123. The Hall–Kier alpha value is -2.92. The monoisotopic (exact) mass is 361 g/mol. The Labute approximate surface area is 159 Å². The average Bonchev–Trinajstić information content (AvgIpc) is 3.14. The predicted octanol–water partition coefficient (Wildman–Crippen LogP) is 3.71. The third-order valence-corrected chi connectivity index (χ3v) is 4.82. The van der Waals surface area contributed by atoms with E-state index in [2.05, 4.69) is 0 Å². The van der Waals surface area contributed by atoms with Crippen LogP contribution in [0, 0.1) is 6.92 Å². The number of hydrogen-bond acceptors (Lipinski definition) is 3. The Morgan fingerprint density at radius 2 is 1.85 bits per heavy atom. The van der Waals surface area contributed by atoms with Crippen LogP contribution in [-0.2, 0) is 4.74 Å². The second-order valence-corrected chi connectivity index (χ2v) is 6.97. The van der Waals surface area contributed by atoms with Gasteiger partial charge in [0, 0.05) is 24.8 Å². The fourth-order valence-corrected chi connectivity index (χ4v) is 3.34. The molecule has 2 heterocycles. The summed E-state index contributed by atoms with van der Waals surface area (Å²) in [6, 6.07) is 18.0. The van der Waals surface area contributed by atoms with Gasteiger partial charge in [-0.15, -0.1) is 0 Å². The van der Waals surface area contributed by atoms with Crippen LogP contribution < -0.4 is 0 Å². The summed E-state index contributed by atoms with van der Waals surface area (Å²) in [7, 11) is 0. The molecule has 0 saturated carbocycles. The molecule has 1 aliphatic rings. The third kappa shape index (κ3) is 3.64. The lowest BCUT2D eigenvalue weighted by Gasteiger charge is -2.31. The standard InChI is InChI=1S/C22H23N3O2/c1-16-8-10-18(11-9-16)21-20(22(26)24-12-13-27-17(2)14-24)15-25(23-21)19-6-4-3-5-7-19/h3-11,15,17H,12-14H2,1-2H3/t17-/m1/s1. The fraction of sp³-hybridized carbons (Fsp3) is 0.273. The van der Waals surface area contributed by atoms with E-state index >= 15 is 0 Å². The highest BCUT2D eigenvalue weighted by Crippen LogP contribution is 2.26. The number of para-hydroxylation sites is 1. The molecule has 27 heavy (non-hydrogen) atoms. The van der Waals surface area contributed by atoms with E-state index in [0.717, 1.165) is 11.3 Å². The highest BCUT2D eigenvalue weighted by molar-refractivity contribution is 6.00. The first-order valence-electron chi connectivity index (χ1n) is 9.25. The SMILES string of the molecule is Cc1ccc(-c2nn(-c3ccccc3)cc2C(=O)N2CCO[C@H](C)C2)cc1. The quantitative estimate of drug-likeness (QED) is 0.714. The summed E-state index contributed by atoms with van der Waals surface area (Å²) >= 11 is 0. The summed E-state index contributed by atoms with van der Waals surface area (Å²) < 4.78 is 7.37. The maximum absolute atomic E-state index is 13.3. The van der Waals surface area contributed by atoms with Crippen LogP contribution in [0.4, 0.5) is 0 Å². The van der Waals surface area contributed by atoms with Gasteiger partial charge in [0.1, 0.15) is 5.69 Å². The Kier molecular flexibility index (Phi) is 4.77. The Balaban J connectivity index is 1.77. The van der Waals surface area contributed by atoms with E-state index in [-0.39, 0.29) is 12.0 Å². The molecule has 0 radical (unpaired) electrons. The number of carbonyl (C=O) groups is 1. The minimum atomic E-state index is 0.00269. The summed E-state index contributed by atoms with van der Waals surface area (Å²) in [5.74, 6) is 0.00269. The second kappa shape index (κ2) is 7.37. The number of benzene rings is 2. The molecule has 4 rings (SSSR count). The summed E-state index contributed by atoms with van der Waals surface area (Å²) in [6.45, 7) is 5.82. The summed E-state index contributed by atoms with van der Waals surface area (Å²) in [6.07, 6.45) is 1.89. The molecule has 0 aliphatic carbocycles. The number of ether oxygens (including phenoxy) is 1. The van der Waals surface area contributed by atoms with Gasteiger partial charge in [-0.3, -0.25) is 4.79 Å². The molecule has 5 nitrogen and oxygen atoms in total. The number of aromatic nitrogens is 2. The molecule has 138 valence electrons. The Morgan fingerprint density at radius 1 is 1.11 bits per heavy atom. The second-order valence-electron chi connectivity index (χ2n) is 6.97. The van der Waals surface area contributed by atoms with Crippen molar-refractivity contribution in [1.29, 1.82) is 0 Å². The number of aryl methyl sites for hydroxylation is 1. The lowest BCUT2D eigenvalue weighted by Crippen LogP contribution is -2.44. The zero-order chi connectivity index (χ0) is 18.8. The summed E-state index contributed by atoms with van der Waals surface area (Å²) in [4.78, 5) is 15.1. The highest BCUT2D eigenvalue weighted by atomic mass is 16.5.